The van der Waals surface area contributed by atoms with E-state index in [1.54, 1.807) is 0 Å². The average molecular weight is 169 g/mol. The van der Waals surface area contributed by atoms with Crippen molar-refractivity contribution in [1.29, 1.82) is 0 Å². The molecule has 72 valence electrons. The van der Waals surface area contributed by atoms with Crippen molar-refractivity contribution in [1.82, 2.24) is 0 Å². The SMILES string of the molecule is CCC(C)C1CCC(CN)CC1. The molecule has 0 aromatic rings. The van der Waals surface area contributed by atoms with Gasteiger partial charge in [-0.1, -0.05) is 20.3 Å². The van der Waals surface area contributed by atoms with Crippen LogP contribution in [-0.4, -0.2) is 6.54 Å². The Hall–Kier alpha value is -0.0400. The molecule has 1 aliphatic carbocycles. The Bertz CT molecular complexity index is 114. The van der Waals surface area contributed by atoms with Crippen LogP contribution >= 0.6 is 0 Å². The van der Waals surface area contributed by atoms with Gasteiger partial charge in [-0.2, -0.15) is 0 Å². The molecule has 0 heterocycles. The van der Waals surface area contributed by atoms with Crippen LogP contribution in [0.3, 0.4) is 0 Å². The smallest absolute Gasteiger partial charge is 0.00489 e. The van der Waals surface area contributed by atoms with Gasteiger partial charge >= 0.3 is 0 Å². The first kappa shape index (κ1) is 10.0. The highest BCUT2D eigenvalue weighted by atomic mass is 14.5. The average Bonchev–Trinajstić information content (AvgIpc) is 2.17. The number of hydrogen-bond acceptors (Lipinski definition) is 1. The van der Waals surface area contributed by atoms with Crippen LogP contribution in [0.1, 0.15) is 46.0 Å². The highest BCUT2D eigenvalue weighted by Crippen LogP contribution is 2.33. The topological polar surface area (TPSA) is 26.0 Å². The van der Waals surface area contributed by atoms with Crippen LogP contribution in [-0.2, 0) is 0 Å². The standard InChI is InChI=1S/C11H23N/c1-3-9(2)11-6-4-10(8-12)5-7-11/h9-11H,3-8,12H2,1-2H3. The largest absolute Gasteiger partial charge is 0.330 e. The van der Waals surface area contributed by atoms with Crippen LogP contribution < -0.4 is 5.73 Å². The lowest BCUT2D eigenvalue weighted by Gasteiger charge is -2.31. The lowest BCUT2D eigenvalue weighted by molar-refractivity contribution is 0.214. The van der Waals surface area contributed by atoms with Gasteiger partial charge < -0.3 is 5.73 Å². The third-order valence-electron chi connectivity index (χ3n) is 3.67. The Kier molecular flexibility index (Phi) is 4.07. The first-order chi connectivity index (χ1) is 5.77. The lowest BCUT2D eigenvalue weighted by Crippen LogP contribution is -2.24. The van der Waals surface area contributed by atoms with Crippen LogP contribution in [0.5, 0.6) is 0 Å². The third kappa shape index (κ3) is 2.48. The van der Waals surface area contributed by atoms with E-state index in [-0.39, 0.29) is 0 Å². The van der Waals surface area contributed by atoms with E-state index in [0.29, 0.717) is 0 Å². The molecule has 0 aromatic heterocycles. The van der Waals surface area contributed by atoms with E-state index in [0.717, 1.165) is 24.3 Å². The molecule has 1 heteroatoms. The van der Waals surface area contributed by atoms with Crippen molar-refractivity contribution in [3.8, 4) is 0 Å². The molecule has 0 spiro atoms. The Balaban J connectivity index is 2.25. The van der Waals surface area contributed by atoms with Gasteiger partial charge in [0.15, 0.2) is 0 Å². The van der Waals surface area contributed by atoms with E-state index >= 15 is 0 Å². The fourth-order valence-corrected chi connectivity index (χ4v) is 2.33. The van der Waals surface area contributed by atoms with Crippen molar-refractivity contribution in [3.05, 3.63) is 0 Å². The summed E-state index contributed by atoms with van der Waals surface area (Å²) in [7, 11) is 0. The van der Waals surface area contributed by atoms with Gasteiger partial charge in [0.05, 0.1) is 0 Å². The van der Waals surface area contributed by atoms with Crippen molar-refractivity contribution in [3.63, 3.8) is 0 Å². The van der Waals surface area contributed by atoms with Crippen LogP contribution in [0.2, 0.25) is 0 Å². The molecular formula is C11H23N. The van der Waals surface area contributed by atoms with Crippen molar-refractivity contribution < 1.29 is 0 Å². The molecule has 1 rings (SSSR count). The van der Waals surface area contributed by atoms with Gasteiger partial charge in [0.25, 0.3) is 0 Å². The summed E-state index contributed by atoms with van der Waals surface area (Å²) in [6.45, 7) is 5.61. The Morgan fingerprint density at radius 3 is 2.25 bits per heavy atom. The second-order valence-corrected chi connectivity index (χ2v) is 4.40. The van der Waals surface area contributed by atoms with Gasteiger partial charge in [-0.3, -0.25) is 0 Å². The van der Waals surface area contributed by atoms with Gasteiger partial charge in [-0.15, -0.1) is 0 Å². The van der Waals surface area contributed by atoms with Gasteiger partial charge in [0.1, 0.15) is 0 Å². The maximum atomic E-state index is 5.66. The second-order valence-electron chi connectivity index (χ2n) is 4.40. The Morgan fingerprint density at radius 2 is 1.83 bits per heavy atom. The zero-order chi connectivity index (χ0) is 8.97. The second kappa shape index (κ2) is 4.86. The minimum absolute atomic E-state index is 0.838. The van der Waals surface area contributed by atoms with E-state index in [4.69, 9.17) is 5.73 Å². The monoisotopic (exact) mass is 169 g/mol. The first-order valence-corrected chi connectivity index (χ1v) is 5.48. The molecule has 0 radical (unpaired) electrons. The van der Waals surface area contributed by atoms with E-state index in [9.17, 15) is 0 Å². The molecule has 0 aromatic carbocycles. The summed E-state index contributed by atoms with van der Waals surface area (Å²) in [6.07, 6.45) is 6.96. The molecule has 0 saturated heterocycles. The molecule has 1 unspecified atom stereocenters. The van der Waals surface area contributed by atoms with Gasteiger partial charge in [-0.05, 0) is 50.0 Å². The molecule has 12 heavy (non-hydrogen) atoms. The van der Waals surface area contributed by atoms with Crippen molar-refractivity contribution >= 4 is 0 Å². The number of rotatable bonds is 3. The van der Waals surface area contributed by atoms with Gasteiger partial charge in [-0.25, -0.2) is 0 Å². The quantitative estimate of drug-likeness (QED) is 0.690. The van der Waals surface area contributed by atoms with E-state index < -0.39 is 0 Å². The molecule has 1 atom stereocenters. The summed E-state index contributed by atoms with van der Waals surface area (Å²) in [5.41, 5.74) is 5.66. The van der Waals surface area contributed by atoms with Crippen molar-refractivity contribution in [2.24, 2.45) is 23.5 Å². The van der Waals surface area contributed by atoms with Gasteiger partial charge in [0, 0.05) is 0 Å². The highest BCUT2D eigenvalue weighted by Gasteiger charge is 2.23. The fourth-order valence-electron chi connectivity index (χ4n) is 2.33. The molecule has 1 nitrogen and oxygen atoms in total. The minimum atomic E-state index is 0.838. The minimum Gasteiger partial charge on any atom is -0.330 e. The number of nitrogens with two attached hydrogens (primary N) is 1. The summed E-state index contributed by atoms with van der Waals surface area (Å²) in [5, 5.41) is 0. The predicted octanol–water partition coefficient (Wildman–Crippen LogP) is 2.80. The zero-order valence-corrected chi connectivity index (χ0v) is 8.55. The normalized spacial score (nSPS) is 33.2. The molecule has 0 amide bonds. The maximum absolute atomic E-state index is 5.66. The summed E-state index contributed by atoms with van der Waals surface area (Å²) in [5.74, 6) is 2.77. The van der Waals surface area contributed by atoms with Crippen LogP contribution in [0.15, 0.2) is 0 Å². The molecular weight excluding hydrogens is 146 g/mol. The molecule has 1 fully saturated rings. The van der Waals surface area contributed by atoms with Crippen LogP contribution in [0, 0.1) is 17.8 Å². The summed E-state index contributed by atoms with van der Waals surface area (Å²) in [6, 6.07) is 0. The summed E-state index contributed by atoms with van der Waals surface area (Å²) < 4.78 is 0. The summed E-state index contributed by atoms with van der Waals surface area (Å²) >= 11 is 0. The molecule has 0 bridgehead atoms. The Labute approximate surface area is 76.7 Å². The summed E-state index contributed by atoms with van der Waals surface area (Å²) in [4.78, 5) is 0. The fraction of sp³-hybridized carbons (Fsp3) is 1.00. The zero-order valence-electron chi connectivity index (χ0n) is 8.55. The highest BCUT2D eigenvalue weighted by molar-refractivity contribution is 4.75. The molecule has 0 aliphatic heterocycles. The van der Waals surface area contributed by atoms with E-state index in [2.05, 4.69) is 13.8 Å². The Morgan fingerprint density at radius 1 is 1.25 bits per heavy atom. The van der Waals surface area contributed by atoms with Crippen molar-refractivity contribution in [2.45, 2.75) is 46.0 Å². The molecule has 1 aliphatic rings. The van der Waals surface area contributed by atoms with Gasteiger partial charge in [0.2, 0.25) is 0 Å². The first-order valence-electron chi connectivity index (χ1n) is 5.48. The third-order valence-corrected chi connectivity index (χ3v) is 3.67. The lowest BCUT2D eigenvalue weighted by atomic mass is 9.76. The van der Waals surface area contributed by atoms with E-state index in [1.165, 1.54) is 32.1 Å². The number of hydrogen-bond donors (Lipinski definition) is 1. The molecule has 2 N–H and O–H groups in total. The van der Waals surface area contributed by atoms with Crippen molar-refractivity contribution in [2.75, 3.05) is 6.54 Å². The maximum Gasteiger partial charge on any atom is -0.00489 e. The van der Waals surface area contributed by atoms with Crippen LogP contribution in [0.4, 0.5) is 0 Å². The predicted molar refractivity (Wildman–Crippen MR) is 54.0 cm³/mol. The van der Waals surface area contributed by atoms with Crippen LogP contribution in [0.25, 0.3) is 0 Å². The molecule has 1 saturated carbocycles. The van der Waals surface area contributed by atoms with E-state index in [1.807, 2.05) is 0 Å².